The number of hydrogen-bond acceptors (Lipinski definition) is 5. The summed E-state index contributed by atoms with van der Waals surface area (Å²) in [6.45, 7) is 1.91. The number of nitrogens with zero attached hydrogens (tertiary/aromatic N) is 4. The molecule has 1 aliphatic rings. The molecule has 6 nitrogen and oxygen atoms in total. The van der Waals surface area contributed by atoms with Crippen LogP contribution in [0.4, 0.5) is 0 Å². The number of nitriles is 2. The SMILES string of the molecule is C[C@H]1C[C@H](N(CC#N)S(=O)(=O)c2cc(Br)ccc2Br)CN1C#N. The Balaban J connectivity index is 2.43. The Morgan fingerprint density at radius 1 is 1.39 bits per heavy atom. The summed E-state index contributed by atoms with van der Waals surface area (Å²) in [5, 5.41) is 18.2. The van der Waals surface area contributed by atoms with Crippen molar-refractivity contribution in [2.45, 2.75) is 30.3 Å². The van der Waals surface area contributed by atoms with E-state index in [-0.39, 0.29) is 17.5 Å². The van der Waals surface area contributed by atoms with Gasteiger partial charge in [-0.1, -0.05) is 15.9 Å². The Morgan fingerprint density at radius 2 is 2.09 bits per heavy atom. The third-order valence-electron chi connectivity index (χ3n) is 3.79. The molecule has 0 spiro atoms. The largest absolute Gasteiger partial charge is 0.306 e. The van der Waals surface area contributed by atoms with E-state index in [9.17, 15) is 8.42 Å². The highest BCUT2D eigenvalue weighted by Gasteiger charge is 2.39. The summed E-state index contributed by atoms with van der Waals surface area (Å²) < 4.78 is 28.3. The second-order valence-corrected chi connectivity index (χ2v) is 8.90. The quantitative estimate of drug-likeness (QED) is 0.508. The molecule has 0 saturated carbocycles. The number of halogens is 2. The van der Waals surface area contributed by atoms with Crippen molar-refractivity contribution in [3.8, 4) is 12.3 Å². The first-order valence-electron chi connectivity index (χ1n) is 6.81. The third-order valence-corrected chi connectivity index (χ3v) is 7.18. The van der Waals surface area contributed by atoms with Crippen LogP contribution in [-0.2, 0) is 10.0 Å². The van der Waals surface area contributed by atoms with Crippen molar-refractivity contribution in [1.82, 2.24) is 9.21 Å². The summed E-state index contributed by atoms with van der Waals surface area (Å²) >= 11 is 6.53. The van der Waals surface area contributed by atoms with Crippen LogP contribution in [0.3, 0.4) is 0 Å². The molecule has 0 N–H and O–H groups in total. The summed E-state index contributed by atoms with van der Waals surface area (Å²) in [6.07, 6.45) is 2.58. The molecule has 0 unspecified atom stereocenters. The van der Waals surface area contributed by atoms with Crippen LogP contribution in [0.2, 0.25) is 0 Å². The Hall–Kier alpha value is -1.13. The molecular weight excluding hydrogens is 448 g/mol. The third kappa shape index (κ3) is 3.69. The molecule has 0 amide bonds. The van der Waals surface area contributed by atoms with E-state index >= 15 is 0 Å². The Labute approximate surface area is 152 Å². The molecule has 1 aliphatic heterocycles. The first-order valence-corrected chi connectivity index (χ1v) is 9.84. The standard InChI is InChI=1S/C14H14Br2N4O2S/c1-10-6-12(8-19(10)9-18)20(5-4-17)23(21,22)14-7-11(15)2-3-13(14)16/h2-3,7,10,12H,5-6,8H2,1H3/t10-,12-/m0/s1. The van der Waals surface area contributed by atoms with Crippen molar-refractivity contribution in [3.63, 3.8) is 0 Å². The van der Waals surface area contributed by atoms with Gasteiger partial charge in [0, 0.05) is 27.6 Å². The number of likely N-dealkylation sites (tertiary alicyclic amines) is 1. The molecule has 2 atom stereocenters. The van der Waals surface area contributed by atoms with Crippen molar-refractivity contribution in [3.05, 3.63) is 27.1 Å². The maximum absolute atomic E-state index is 13.0. The smallest absolute Gasteiger partial charge is 0.245 e. The zero-order chi connectivity index (χ0) is 17.2. The topological polar surface area (TPSA) is 88.2 Å². The predicted molar refractivity (Wildman–Crippen MR) is 91.5 cm³/mol. The number of benzene rings is 1. The molecule has 0 radical (unpaired) electrons. The molecule has 122 valence electrons. The monoisotopic (exact) mass is 460 g/mol. The van der Waals surface area contributed by atoms with Crippen LogP contribution in [0.5, 0.6) is 0 Å². The normalized spacial score (nSPS) is 21.2. The average Bonchev–Trinajstić information content (AvgIpc) is 2.87. The molecule has 1 aromatic rings. The van der Waals surface area contributed by atoms with E-state index in [1.807, 2.05) is 13.0 Å². The first-order chi connectivity index (χ1) is 10.8. The van der Waals surface area contributed by atoms with E-state index in [1.54, 1.807) is 17.0 Å². The van der Waals surface area contributed by atoms with E-state index in [0.29, 0.717) is 21.9 Å². The van der Waals surface area contributed by atoms with Gasteiger partial charge in [0.15, 0.2) is 6.19 Å². The van der Waals surface area contributed by atoms with E-state index in [4.69, 9.17) is 10.5 Å². The van der Waals surface area contributed by atoms with Crippen LogP contribution in [0.15, 0.2) is 32.0 Å². The molecule has 1 aromatic carbocycles. The van der Waals surface area contributed by atoms with Crippen molar-refractivity contribution in [2.24, 2.45) is 0 Å². The molecule has 0 aromatic heterocycles. The first kappa shape index (κ1) is 18.2. The molecule has 0 aliphatic carbocycles. The van der Waals surface area contributed by atoms with Crippen molar-refractivity contribution in [2.75, 3.05) is 13.1 Å². The lowest BCUT2D eigenvalue weighted by Gasteiger charge is -2.25. The van der Waals surface area contributed by atoms with E-state index < -0.39 is 16.1 Å². The second-order valence-electron chi connectivity index (χ2n) is 5.27. The number of hydrogen-bond donors (Lipinski definition) is 0. The van der Waals surface area contributed by atoms with Gasteiger partial charge in [-0.25, -0.2) is 8.42 Å². The molecule has 23 heavy (non-hydrogen) atoms. The lowest BCUT2D eigenvalue weighted by Crippen LogP contribution is -2.42. The Morgan fingerprint density at radius 3 is 2.65 bits per heavy atom. The molecular formula is C14H14Br2N4O2S. The average molecular weight is 462 g/mol. The van der Waals surface area contributed by atoms with Gasteiger partial charge in [-0.05, 0) is 47.5 Å². The van der Waals surface area contributed by atoms with Gasteiger partial charge < -0.3 is 4.90 Å². The number of sulfonamides is 1. The predicted octanol–water partition coefficient (Wildman–Crippen LogP) is 2.67. The summed E-state index contributed by atoms with van der Waals surface area (Å²) in [7, 11) is -3.86. The fourth-order valence-electron chi connectivity index (χ4n) is 2.63. The molecule has 9 heteroatoms. The minimum absolute atomic E-state index is 0.0488. The van der Waals surface area contributed by atoms with E-state index in [1.165, 1.54) is 10.4 Å². The summed E-state index contributed by atoms with van der Waals surface area (Å²) in [5.74, 6) is 0. The lowest BCUT2D eigenvalue weighted by atomic mass is 10.2. The Bertz CT molecular complexity index is 785. The molecule has 0 bridgehead atoms. The summed E-state index contributed by atoms with van der Waals surface area (Å²) in [4.78, 5) is 1.64. The minimum Gasteiger partial charge on any atom is -0.306 e. The summed E-state index contributed by atoms with van der Waals surface area (Å²) in [5.41, 5.74) is 0. The van der Waals surface area contributed by atoms with Crippen LogP contribution >= 0.6 is 31.9 Å². The van der Waals surface area contributed by atoms with Crippen LogP contribution < -0.4 is 0 Å². The van der Waals surface area contributed by atoms with Gasteiger partial charge in [-0.15, -0.1) is 0 Å². The van der Waals surface area contributed by atoms with Gasteiger partial charge in [-0.2, -0.15) is 14.8 Å². The van der Waals surface area contributed by atoms with Crippen LogP contribution in [0.1, 0.15) is 13.3 Å². The van der Waals surface area contributed by atoms with E-state index in [0.717, 1.165) is 0 Å². The lowest BCUT2D eigenvalue weighted by molar-refractivity contribution is 0.341. The highest BCUT2D eigenvalue weighted by molar-refractivity contribution is 9.11. The van der Waals surface area contributed by atoms with Gasteiger partial charge in [-0.3, -0.25) is 0 Å². The fourth-order valence-corrected chi connectivity index (χ4v) is 5.62. The zero-order valence-electron chi connectivity index (χ0n) is 12.3. The number of rotatable bonds is 4. The van der Waals surface area contributed by atoms with Crippen molar-refractivity contribution < 1.29 is 8.42 Å². The highest BCUT2D eigenvalue weighted by Crippen LogP contribution is 2.31. The van der Waals surface area contributed by atoms with E-state index in [2.05, 4.69) is 38.1 Å². The van der Waals surface area contributed by atoms with Crippen LogP contribution in [-0.4, -0.2) is 42.8 Å². The Kier molecular flexibility index (Phi) is 5.69. The van der Waals surface area contributed by atoms with Crippen molar-refractivity contribution in [1.29, 1.82) is 10.5 Å². The van der Waals surface area contributed by atoms with Gasteiger partial charge in [0.2, 0.25) is 10.0 Å². The van der Waals surface area contributed by atoms with Gasteiger partial charge in [0.1, 0.15) is 6.54 Å². The van der Waals surface area contributed by atoms with Gasteiger partial charge in [0.25, 0.3) is 0 Å². The highest BCUT2D eigenvalue weighted by atomic mass is 79.9. The zero-order valence-corrected chi connectivity index (χ0v) is 16.3. The molecule has 1 saturated heterocycles. The van der Waals surface area contributed by atoms with Gasteiger partial charge >= 0.3 is 0 Å². The minimum atomic E-state index is -3.86. The van der Waals surface area contributed by atoms with Crippen molar-refractivity contribution >= 4 is 41.9 Å². The molecule has 2 rings (SSSR count). The van der Waals surface area contributed by atoms with Crippen LogP contribution in [0, 0.1) is 22.8 Å². The molecule has 1 fully saturated rings. The fraction of sp³-hybridized carbons (Fsp3) is 0.429. The maximum atomic E-state index is 13.0. The van der Waals surface area contributed by atoms with Crippen LogP contribution in [0.25, 0.3) is 0 Å². The second kappa shape index (κ2) is 7.18. The molecule has 1 heterocycles. The van der Waals surface area contributed by atoms with Gasteiger partial charge in [0.05, 0.1) is 11.0 Å². The maximum Gasteiger partial charge on any atom is 0.245 e. The summed E-state index contributed by atoms with van der Waals surface area (Å²) in [6, 6.07) is 6.34.